The van der Waals surface area contributed by atoms with E-state index in [1.807, 2.05) is 0 Å². The summed E-state index contributed by atoms with van der Waals surface area (Å²) in [6, 6.07) is 5.63. The summed E-state index contributed by atoms with van der Waals surface area (Å²) in [5, 5.41) is 8.80. The van der Waals surface area contributed by atoms with Crippen LogP contribution in [0.2, 0.25) is 0 Å². The van der Waals surface area contributed by atoms with Gasteiger partial charge >= 0.3 is 5.97 Å². The maximum atomic E-state index is 13.7. The van der Waals surface area contributed by atoms with Crippen molar-refractivity contribution in [3.8, 4) is 11.8 Å². The van der Waals surface area contributed by atoms with Crippen molar-refractivity contribution < 1.29 is 23.4 Å². The minimum Gasteiger partial charge on any atom is -0.426 e. The molecule has 32 heavy (non-hydrogen) atoms. The highest BCUT2D eigenvalue weighted by molar-refractivity contribution is 5.75. The standard InChI is InChI=1S/C26H36FNO4/c1-2-3-4-5-6-7-8-19-17-30-26(31-18-19)21-11-9-20(10-12-21)25(29)32-23-14-13-22(16-28)24(27)15-23/h13-15,19-21,26H,2-12,17-18H2,1H3. The Balaban J connectivity index is 1.33. The average molecular weight is 446 g/mol. The second-order valence-corrected chi connectivity index (χ2v) is 9.24. The number of halogens is 1. The Hall–Kier alpha value is -1.97. The Morgan fingerprint density at radius 2 is 1.78 bits per heavy atom. The van der Waals surface area contributed by atoms with Crippen LogP contribution in [-0.2, 0) is 14.3 Å². The maximum absolute atomic E-state index is 13.7. The first-order chi connectivity index (χ1) is 15.6. The van der Waals surface area contributed by atoms with Gasteiger partial charge in [0.15, 0.2) is 6.29 Å². The summed E-state index contributed by atoms with van der Waals surface area (Å²) in [6.07, 6.45) is 12.0. The normalized spacial score (nSPS) is 25.8. The molecule has 0 unspecified atom stereocenters. The lowest BCUT2D eigenvalue weighted by molar-refractivity contribution is -0.230. The molecule has 1 aromatic carbocycles. The molecule has 1 saturated heterocycles. The molecule has 0 amide bonds. The van der Waals surface area contributed by atoms with Gasteiger partial charge in [0, 0.05) is 17.9 Å². The summed E-state index contributed by atoms with van der Waals surface area (Å²) in [7, 11) is 0. The van der Waals surface area contributed by atoms with E-state index in [-0.39, 0.29) is 29.5 Å². The molecular formula is C26H36FNO4. The van der Waals surface area contributed by atoms with Crippen molar-refractivity contribution in [2.45, 2.75) is 83.8 Å². The molecule has 2 aliphatic rings. The molecule has 1 aromatic rings. The Morgan fingerprint density at radius 1 is 1.09 bits per heavy atom. The van der Waals surface area contributed by atoms with Crippen LogP contribution in [0.1, 0.15) is 83.1 Å². The minimum atomic E-state index is -0.678. The SMILES string of the molecule is CCCCCCCCC1COC(C2CCC(C(=O)Oc3ccc(C#N)c(F)c3)CC2)OC1. The number of esters is 1. The van der Waals surface area contributed by atoms with Crippen LogP contribution in [0, 0.1) is 34.9 Å². The topological polar surface area (TPSA) is 68.5 Å². The summed E-state index contributed by atoms with van der Waals surface area (Å²) >= 11 is 0. The number of benzene rings is 1. The van der Waals surface area contributed by atoms with Crippen molar-refractivity contribution in [3.05, 3.63) is 29.6 Å². The first-order valence-electron chi connectivity index (χ1n) is 12.2. The van der Waals surface area contributed by atoms with E-state index in [0.29, 0.717) is 24.7 Å². The molecule has 0 atom stereocenters. The number of rotatable bonds is 10. The predicted molar refractivity (Wildman–Crippen MR) is 119 cm³/mol. The third-order valence-electron chi connectivity index (χ3n) is 6.73. The zero-order chi connectivity index (χ0) is 22.8. The number of unbranched alkanes of at least 4 members (excludes halogenated alkanes) is 5. The fourth-order valence-corrected chi connectivity index (χ4v) is 4.69. The molecule has 176 valence electrons. The van der Waals surface area contributed by atoms with Gasteiger partial charge in [0.25, 0.3) is 0 Å². The van der Waals surface area contributed by atoms with Crippen LogP contribution in [0.5, 0.6) is 5.75 Å². The minimum absolute atomic E-state index is 0.0630. The Bertz CT molecular complexity index is 762. The molecule has 1 aliphatic carbocycles. The molecule has 0 aromatic heterocycles. The van der Waals surface area contributed by atoms with E-state index in [2.05, 4.69) is 6.92 Å². The van der Waals surface area contributed by atoms with E-state index in [4.69, 9.17) is 19.5 Å². The molecule has 0 N–H and O–H groups in total. The number of nitriles is 1. The van der Waals surface area contributed by atoms with Crippen LogP contribution in [0.25, 0.3) is 0 Å². The van der Waals surface area contributed by atoms with Gasteiger partial charge in [0.2, 0.25) is 0 Å². The maximum Gasteiger partial charge on any atom is 0.314 e. The van der Waals surface area contributed by atoms with Gasteiger partial charge in [-0.05, 0) is 44.2 Å². The molecule has 1 heterocycles. The van der Waals surface area contributed by atoms with Crippen molar-refractivity contribution in [1.29, 1.82) is 5.26 Å². The fourth-order valence-electron chi connectivity index (χ4n) is 4.69. The van der Waals surface area contributed by atoms with Gasteiger partial charge in [-0.1, -0.05) is 45.4 Å². The number of nitrogens with zero attached hydrogens (tertiary/aromatic N) is 1. The summed E-state index contributed by atoms with van der Waals surface area (Å²) < 4.78 is 31.2. The van der Waals surface area contributed by atoms with Crippen molar-refractivity contribution in [2.24, 2.45) is 17.8 Å². The van der Waals surface area contributed by atoms with E-state index in [1.165, 1.54) is 57.1 Å². The largest absolute Gasteiger partial charge is 0.426 e. The van der Waals surface area contributed by atoms with Gasteiger partial charge in [-0.15, -0.1) is 0 Å². The molecule has 0 spiro atoms. The van der Waals surface area contributed by atoms with E-state index in [1.54, 1.807) is 6.07 Å². The number of ether oxygens (including phenoxy) is 3. The predicted octanol–water partition coefficient (Wildman–Crippen LogP) is 6.15. The Morgan fingerprint density at radius 3 is 2.44 bits per heavy atom. The van der Waals surface area contributed by atoms with Crippen LogP contribution in [0.4, 0.5) is 4.39 Å². The lowest BCUT2D eigenvalue weighted by atomic mass is 9.81. The molecule has 1 saturated carbocycles. The number of hydrogen-bond acceptors (Lipinski definition) is 5. The highest BCUT2D eigenvalue weighted by atomic mass is 19.1. The van der Waals surface area contributed by atoms with Crippen LogP contribution in [0.15, 0.2) is 18.2 Å². The van der Waals surface area contributed by atoms with E-state index in [9.17, 15) is 9.18 Å². The van der Waals surface area contributed by atoms with Crippen molar-refractivity contribution >= 4 is 5.97 Å². The highest BCUT2D eigenvalue weighted by Crippen LogP contribution is 2.35. The smallest absolute Gasteiger partial charge is 0.314 e. The van der Waals surface area contributed by atoms with Crippen LogP contribution in [0.3, 0.4) is 0 Å². The molecular weight excluding hydrogens is 409 g/mol. The number of carbonyl (C=O) groups excluding carboxylic acids is 1. The van der Waals surface area contributed by atoms with E-state index < -0.39 is 5.82 Å². The second kappa shape index (κ2) is 12.9. The molecule has 1 aliphatic heterocycles. The molecule has 2 fully saturated rings. The van der Waals surface area contributed by atoms with Crippen molar-refractivity contribution in [1.82, 2.24) is 0 Å². The molecule has 0 radical (unpaired) electrons. The molecule has 3 rings (SSSR count). The summed E-state index contributed by atoms with van der Waals surface area (Å²) in [6.45, 7) is 3.78. The molecule has 0 bridgehead atoms. The first kappa shape index (κ1) is 24.7. The van der Waals surface area contributed by atoms with Gasteiger partial charge in [-0.25, -0.2) is 4.39 Å². The zero-order valence-corrected chi connectivity index (χ0v) is 19.2. The summed E-state index contributed by atoms with van der Waals surface area (Å²) in [5.74, 6) is -0.268. The third kappa shape index (κ3) is 7.28. The summed E-state index contributed by atoms with van der Waals surface area (Å²) in [5.41, 5.74) is -0.0630. The van der Waals surface area contributed by atoms with Gasteiger partial charge in [-0.3, -0.25) is 4.79 Å². The second-order valence-electron chi connectivity index (χ2n) is 9.24. The highest BCUT2D eigenvalue weighted by Gasteiger charge is 2.35. The monoisotopic (exact) mass is 445 g/mol. The number of hydrogen-bond donors (Lipinski definition) is 0. The van der Waals surface area contributed by atoms with Crippen LogP contribution < -0.4 is 4.74 Å². The van der Waals surface area contributed by atoms with Crippen molar-refractivity contribution in [3.63, 3.8) is 0 Å². The van der Waals surface area contributed by atoms with Crippen LogP contribution in [-0.4, -0.2) is 25.5 Å². The van der Waals surface area contributed by atoms with E-state index >= 15 is 0 Å². The number of carbonyl (C=O) groups is 1. The quantitative estimate of drug-likeness (QED) is 0.245. The third-order valence-corrected chi connectivity index (χ3v) is 6.73. The summed E-state index contributed by atoms with van der Waals surface area (Å²) in [4.78, 5) is 12.5. The van der Waals surface area contributed by atoms with Gasteiger partial charge in [0.05, 0.1) is 24.7 Å². The Labute approximate surface area is 191 Å². The average Bonchev–Trinajstić information content (AvgIpc) is 2.82. The van der Waals surface area contributed by atoms with Gasteiger partial charge < -0.3 is 14.2 Å². The van der Waals surface area contributed by atoms with Gasteiger partial charge in [0.1, 0.15) is 17.6 Å². The molecule has 6 heteroatoms. The Kier molecular flexibility index (Phi) is 9.95. The van der Waals surface area contributed by atoms with Crippen molar-refractivity contribution in [2.75, 3.05) is 13.2 Å². The lowest BCUT2D eigenvalue weighted by Gasteiger charge is -2.37. The first-order valence-corrected chi connectivity index (χ1v) is 12.2. The van der Waals surface area contributed by atoms with E-state index in [0.717, 1.165) is 32.1 Å². The van der Waals surface area contributed by atoms with Gasteiger partial charge in [-0.2, -0.15) is 5.26 Å². The lowest BCUT2D eigenvalue weighted by Crippen LogP contribution is -2.39. The zero-order valence-electron chi connectivity index (χ0n) is 19.2. The fraction of sp³-hybridized carbons (Fsp3) is 0.692. The van der Waals surface area contributed by atoms with Crippen LogP contribution >= 0.6 is 0 Å². The molecule has 5 nitrogen and oxygen atoms in total.